The lowest BCUT2D eigenvalue weighted by atomic mass is 9.30. The zero-order valence-corrected chi connectivity index (χ0v) is 10.7. The number of hydrogen-bond acceptors (Lipinski definition) is 0. The van der Waals surface area contributed by atoms with E-state index in [1.54, 1.807) is 0 Å². The maximum Gasteiger partial charge on any atom is 0.155 e. The SMILES string of the molecule is CCCB1C2C=CC(=CC2)/C=C\C1CCC. The first kappa shape index (κ1) is 11.8. The third-order valence-corrected chi connectivity index (χ3v) is 4.04. The van der Waals surface area contributed by atoms with Gasteiger partial charge in [0.2, 0.25) is 0 Å². The minimum absolute atomic E-state index is 0.796. The van der Waals surface area contributed by atoms with Crippen molar-refractivity contribution in [3.8, 4) is 0 Å². The van der Waals surface area contributed by atoms with Crippen LogP contribution in [0.3, 0.4) is 0 Å². The summed E-state index contributed by atoms with van der Waals surface area (Å²) in [7, 11) is 0. The minimum atomic E-state index is 0.796. The lowest BCUT2D eigenvalue weighted by molar-refractivity contribution is 0.769. The largest absolute Gasteiger partial charge is 0.155 e. The van der Waals surface area contributed by atoms with Crippen molar-refractivity contribution in [2.45, 2.75) is 57.5 Å². The molecule has 2 atom stereocenters. The Balaban J connectivity index is 2.19. The monoisotopic (exact) mass is 214 g/mol. The van der Waals surface area contributed by atoms with Crippen molar-refractivity contribution in [3.05, 3.63) is 36.0 Å². The van der Waals surface area contributed by atoms with Crippen molar-refractivity contribution < 1.29 is 0 Å². The molecule has 0 aromatic carbocycles. The quantitative estimate of drug-likeness (QED) is 0.584. The molecule has 1 heteroatoms. The van der Waals surface area contributed by atoms with Crippen molar-refractivity contribution in [1.29, 1.82) is 0 Å². The second kappa shape index (κ2) is 5.56. The summed E-state index contributed by atoms with van der Waals surface area (Å²) in [5.74, 6) is 1.61. The molecule has 0 aromatic heterocycles. The van der Waals surface area contributed by atoms with Gasteiger partial charge in [0, 0.05) is 0 Å². The Kier molecular flexibility index (Phi) is 4.09. The fraction of sp³-hybridized carbons (Fsp3) is 0.600. The summed E-state index contributed by atoms with van der Waals surface area (Å²) >= 11 is 0. The van der Waals surface area contributed by atoms with Crippen molar-refractivity contribution in [2.24, 2.45) is 0 Å². The van der Waals surface area contributed by atoms with Crippen LogP contribution in [0.2, 0.25) is 18.0 Å². The summed E-state index contributed by atoms with van der Waals surface area (Å²) in [5, 5.41) is 0. The molecule has 0 N–H and O–H groups in total. The normalized spacial score (nSPS) is 29.9. The first-order valence-electron chi connectivity index (χ1n) is 6.91. The highest BCUT2D eigenvalue weighted by Crippen LogP contribution is 2.38. The zero-order chi connectivity index (χ0) is 11.4. The molecule has 0 fully saturated rings. The van der Waals surface area contributed by atoms with Crippen LogP contribution in [0.15, 0.2) is 36.0 Å². The Labute approximate surface area is 101 Å². The Bertz CT molecular complexity index is 311. The van der Waals surface area contributed by atoms with Gasteiger partial charge in [0.15, 0.2) is 6.71 Å². The molecular formula is C15H23B. The topological polar surface area (TPSA) is 0 Å². The molecule has 0 nitrogen and oxygen atoms in total. The number of fused-ring (bicyclic) bond motifs is 3. The first-order chi connectivity index (χ1) is 7.85. The predicted molar refractivity (Wildman–Crippen MR) is 74.2 cm³/mol. The molecule has 3 aliphatic rings. The van der Waals surface area contributed by atoms with Crippen LogP contribution in [-0.4, -0.2) is 6.71 Å². The first-order valence-corrected chi connectivity index (χ1v) is 6.91. The smallest absolute Gasteiger partial charge is 0.0880 e. The van der Waals surface area contributed by atoms with Gasteiger partial charge in [-0.05, 0) is 23.6 Å². The van der Waals surface area contributed by atoms with Gasteiger partial charge in [0.25, 0.3) is 0 Å². The summed E-state index contributed by atoms with van der Waals surface area (Å²) in [6, 6.07) is 0. The fourth-order valence-corrected chi connectivity index (χ4v) is 3.19. The van der Waals surface area contributed by atoms with Crippen LogP contribution in [0.4, 0.5) is 0 Å². The van der Waals surface area contributed by atoms with Gasteiger partial charge in [0.1, 0.15) is 0 Å². The second-order valence-electron chi connectivity index (χ2n) is 5.23. The summed E-state index contributed by atoms with van der Waals surface area (Å²) in [6.45, 7) is 5.50. The standard InChI is InChI=1S/C15H23B/c1-3-5-14-9-6-13-7-10-15(11-8-13)16(14)12-4-2/h6-10,14-15H,3-5,11-12H2,1-2H3/b9-6-. The van der Waals surface area contributed by atoms with Crippen LogP contribution in [-0.2, 0) is 0 Å². The van der Waals surface area contributed by atoms with E-state index in [1.807, 2.05) is 0 Å². The van der Waals surface area contributed by atoms with Crippen LogP contribution < -0.4 is 0 Å². The van der Waals surface area contributed by atoms with Gasteiger partial charge in [-0.25, -0.2) is 0 Å². The maximum atomic E-state index is 2.48. The minimum Gasteiger partial charge on any atom is -0.0880 e. The van der Waals surface area contributed by atoms with E-state index in [-0.39, 0.29) is 0 Å². The fourth-order valence-electron chi connectivity index (χ4n) is 3.19. The van der Waals surface area contributed by atoms with E-state index in [0.29, 0.717) is 0 Å². The van der Waals surface area contributed by atoms with E-state index < -0.39 is 0 Å². The van der Waals surface area contributed by atoms with Crippen LogP contribution in [0.25, 0.3) is 0 Å². The van der Waals surface area contributed by atoms with Gasteiger partial charge in [-0.15, -0.1) is 0 Å². The molecule has 0 saturated carbocycles. The van der Waals surface area contributed by atoms with Gasteiger partial charge >= 0.3 is 0 Å². The Morgan fingerprint density at radius 1 is 1.19 bits per heavy atom. The van der Waals surface area contributed by atoms with Crippen LogP contribution >= 0.6 is 0 Å². The molecule has 16 heavy (non-hydrogen) atoms. The van der Waals surface area contributed by atoms with Gasteiger partial charge in [-0.1, -0.05) is 69.8 Å². The van der Waals surface area contributed by atoms with E-state index in [0.717, 1.165) is 18.3 Å². The van der Waals surface area contributed by atoms with Crippen LogP contribution in [0, 0.1) is 0 Å². The molecule has 0 saturated heterocycles. The van der Waals surface area contributed by atoms with E-state index in [9.17, 15) is 0 Å². The lowest BCUT2D eigenvalue weighted by Gasteiger charge is -2.30. The molecule has 0 spiro atoms. The summed E-state index contributed by atoms with van der Waals surface area (Å²) < 4.78 is 0. The summed E-state index contributed by atoms with van der Waals surface area (Å²) in [5.41, 5.74) is 1.42. The predicted octanol–water partition coefficient (Wildman–Crippen LogP) is 4.89. The molecule has 0 amide bonds. The van der Waals surface area contributed by atoms with Crippen molar-refractivity contribution in [2.75, 3.05) is 0 Å². The Hall–Kier alpha value is -0.715. The number of allylic oxidation sites excluding steroid dienone is 6. The molecule has 2 bridgehead atoms. The van der Waals surface area contributed by atoms with Gasteiger partial charge in [-0.2, -0.15) is 0 Å². The van der Waals surface area contributed by atoms with Crippen LogP contribution in [0.5, 0.6) is 0 Å². The molecule has 2 heterocycles. The van der Waals surface area contributed by atoms with Crippen molar-refractivity contribution in [3.63, 3.8) is 0 Å². The molecule has 1 aliphatic carbocycles. The summed E-state index contributed by atoms with van der Waals surface area (Å²) in [6.07, 6.45) is 18.6. The molecule has 0 aromatic rings. The van der Waals surface area contributed by atoms with E-state index in [2.05, 4.69) is 44.2 Å². The molecule has 86 valence electrons. The lowest BCUT2D eigenvalue weighted by Crippen LogP contribution is -2.26. The third-order valence-electron chi connectivity index (χ3n) is 4.04. The molecule has 3 rings (SSSR count). The van der Waals surface area contributed by atoms with Gasteiger partial charge in [-0.3, -0.25) is 0 Å². The Morgan fingerprint density at radius 3 is 2.62 bits per heavy atom. The van der Waals surface area contributed by atoms with Crippen molar-refractivity contribution in [1.82, 2.24) is 0 Å². The summed E-state index contributed by atoms with van der Waals surface area (Å²) in [4.78, 5) is 0. The van der Waals surface area contributed by atoms with E-state index in [1.165, 1.54) is 37.6 Å². The molecular weight excluding hydrogens is 191 g/mol. The van der Waals surface area contributed by atoms with Crippen molar-refractivity contribution >= 4 is 6.71 Å². The highest BCUT2D eigenvalue weighted by molar-refractivity contribution is 6.63. The van der Waals surface area contributed by atoms with E-state index >= 15 is 0 Å². The third kappa shape index (κ3) is 2.51. The molecule has 0 radical (unpaired) electrons. The van der Waals surface area contributed by atoms with Crippen LogP contribution in [0.1, 0.15) is 39.5 Å². The maximum absolute atomic E-state index is 2.48. The average molecular weight is 214 g/mol. The average Bonchev–Trinajstić information content (AvgIpc) is 2.30. The second-order valence-corrected chi connectivity index (χ2v) is 5.23. The highest BCUT2D eigenvalue weighted by Gasteiger charge is 2.30. The highest BCUT2D eigenvalue weighted by atomic mass is 14.1. The van der Waals surface area contributed by atoms with Gasteiger partial charge < -0.3 is 0 Å². The Morgan fingerprint density at radius 2 is 2.00 bits per heavy atom. The molecule has 2 unspecified atom stereocenters. The zero-order valence-electron chi connectivity index (χ0n) is 10.7. The van der Waals surface area contributed by atoms with Gasteiger partial charge in [0.05, 0.1) is 0 Å². The molecule has 2 aliphatic heterocycles. The van der Waals surface area contributed by atoms with E-state index in [4.69, 9.17) is 0 Å². The number of hydrogen-bond donors (Lipinski definition) is 0. The number of rotatable bonds is 4.